The molecule has 2 heteroatoms. The molecule has 0 amide bonds. The van der Waals surface area contributed by atoms with E-state index in [0.717, 1.165) is 18.8 Å². The Morgan fingerprint density at radius 2 is 2.10 bits per heavy atom. The lowest BCUT2D eigenvalue weighted by atomic mass is 9.96. The van der Waals surface area contributed by atoms with E-state index in [2.05, 4.69) is 59.5 Å². The third-order valence-electron chi connectivity index (χ3n) is 4.27. The van der Waals surface area contributed by atoms with E-state index in [9.17, 15) is 0 Å². The SMILES string of the molecule is C1=CCC2N=C(N3CCCc4ccccc43)C=CC2=C1. The summed E-state index contributed by atoms with van der Waals surface area (Å²) in [6.07, 6.45) is 14.3. The van der Waals surface area contributed by atoms with E-state index >= 15 is 0 Å². The van der Waals surface area contributed by atoms with E-state index in [-0.39, 0.29) is 0 Å². The van der Waals surface area contributed by atoms with Crippen molar-refractivity contribution in [1.29, 1.82) is 0 Å². The van der Waals surface area contributed by atoms with Crippen molar-refractivity contribution in [3.63, 3.8) is 0 Å². The molecule has 3 aliphatic rings. The Balaban J connectivity index is 1.70. The minimum Gasteiger partial charge on any atom is -0.326 e. The summed E-state index contributed by atoms with van der Waals surface area (Å²) >= 11 is 0. The Morgan fingerprint density at radius 1 is 1.15 bits per heavy atom. The van der Waals surface area contributed by atoms with Gasteiger partial charge in [-0.05, 0) is 42.5 Å². The quantitative estimate of drug-likeness (QED) is 0.696. The number of aryl methyl sites for hydroxylation is 1. The molecule has 4 rings (SSSR count). The topological polar surface area (TPSA) is 15.6 Å². The number of hydrogen-bond donors (Lipinski definition) is 0. The number of anilines is 1. The van der Waals surface area contributed by atoms with Crippen LogP contribution in [0.2, 0.25) is 0 Å². The van der Waals surface area contributed by atoms with Crippen molar-refractivity contribution in [3.8, 4) is 0 Å². The molecule has 0 radical (unpaired) electrons. The second-order valence-corrected chi connectivity index (χ2v) is 5.55. The van der Waals surface area contributed by atoms with Crippen LogP contribution in [0.1, 0.15) is 18.4 Å². The molecule has 0 spiro atoms. The molecule has 0 N–H and O–H groups in total. The van der Waals surface area contributed by atoms with E-state index < -0.39 is 0 Å². The Morgan fingerprint density at radius 3 is 3.10 bits per heavy atom. The van der Waals surface area contributed by atoms with Crippen LogP contribution in [0.15, 0.2) is 65.2 Å². The normalized spacial score (nSPS) is 23.8. The predicted octanol–water partition coefficient (Wildman–Crippen LogP) is 3.66. The Bertz CT molecular complexity index is 649. The van der Waals surface area contributed by atoms with Crippen molar-refractivity contribution in [2.24, 2.45) is 4.99 Å². The molecule has 1 unspecified atom stereocenters. The summed E-state index contributed by atoms with van der Waals surface area (Å²) in [6, 6.07) is 9.03. The number of allylic oxidation sites excluding steroid dienone is 2. The van der Waals surface area contributed by atoms with Crippen molar-refractivity contribution < 1.29 is 0 Å². The Labute approximate surface area is 119 Å². The maximum atomic E-state index is 4.96. The molecule has 20 heavy (non-hydrogen) atoms. The van der Waals surface area contributed by atoms with Crippen LogP contribution in [0.5, 0.6) is 0 Å². The highest BCUT2D eigenvalue weighted by Crippen LogP contribution is 2.30. The maximum absolute atomic E-state index is 4.96. The van der Waals surface area contributed by atoms with Crippen molar-refractivity contribution in [1.82, 2.24) is 0 Å². The number of para-hydroxylation sites is 1. The second-order valence-electron chi connectivity index (χ2n) is 5.55. The van der Waals surface area contributed by atoms with Crippen LogP contribution in [0.25, 0.3) is 0 Å². The molecule has 0 bridgehead atoms. The van der Waals surface area contributed by atoms with Crippen LogP contribution in [-0.4, -0.2) is 18.4 Å². The van der Waals surface area contributed by atoms with E-state index in [4.69, 9.17) is 4.99 Å². The average Bonchev–Trinajstić information content (AvgIpc) is 2.54. The highest BCUT2D eigenvalue weighted by atomic mass is 15.2. The van der Waals surface area contributed by atoms with Gasteiger partial charge in [-0.3, -0.25) is 4.99 Å². The number of amidine groups is 1. The summed E-state index contributed by atoms with van der Waals surface area (Å²) in [4.78, 5) is 7.34. The number of benzene rings is 1. The fourth-order valence-electron chi connectivity index (χ4n) is 3.23. The molecular weight excluding hydrogens is 244 g/mol. The van der Waals surface area contributed by atoms with Gasteiger partial charge in [0.25, 0.3) is 0 Å². The van der Waals surface area contributed by atoms with Gasteiger partial charge in [-0.1, -0.05) is 42.5 Å². The van der Waals surface area contributed by atoms with Crippen LogP contribution < -0.4 is 4.90 Å². The van der Waals surface area contributed by atoms with Crippen LogP contribution in [0.4, 0.5) is 5.69 Å². The zero-order valence-electron chi connectivity index (χ0n) is 11.5. The van der Waals surface area contributed by atoms with Gasteiger partial charge < -0.3 is 4.90 Å². The fraction of sp³-hybridized carbons (Fsp3) is 0.278. The van der Waals surface area contributed by atoms with Crippen molar-refractivity contribution >= 4 is 11.5 Å². The number of fused-ring (bicyclic) bond motifs is 2. The molecule has 2 heterocycles. The number of dihydropyridines is 1. The number of hydrogen-bond acceptors (Lipinski definition) is 2. The Kier molecular flexibility index (Phi) is 2.80. The third kappa shape index (κ3) is 1.92. The zero-order chi connectivity index (χ0) is 13.4. The molecular formula is C18H18N2. The summed E-state index contributed by atoms with van der Waals surface area (Å²) in [7, 11) is 0. The monoisotopic (exact) mass is 262 g/mol. The van der Waals surface area contributed by atoms with Gasteiger partial charge in [0.1, 0.15) is 5.84 Å². The van der Waals surface area contributed by atoms with Crippen molar-refractivity contribution in [2.45, 2.75) is 25.3 Å². The zero-order valence-corrected chi connectivity index (χ0v) is 11.5. The number of nitrogens with zero attached hydrogens (tertiary/aromatic N) is 2. The van der Waals surface area contributed by atoms with E-state index in [1.165, 1.54) is 29.7 Å². The first kappa shape index (κ1) is 11.7. The minimum atomic E-state index is 0.314. The molecule has 2 aliphatic heterocycles. The van der Waals surface area contributed by atoms with Gasteiger partial charge in [0.05, 0.1) is 6.04 Å². The van der Waals surface area contributed by atoms with Crippen molar-refractivity contribution in [2.75, 3.05) is 11.4 Å². The molecule has 0 saturated heterocycles. The van der Waals surface area contributed by atoms with E-state index in [1.54, 1.807) is 0 Å². The first-order valence-corrected chi connectivity index (χ1v) is 7.40. The molecule has 1 aromatic rings. The predicted molar refractivity (Wildman–Crippen MR) is 84.3 cm³/mol. The first-order valence-electron chi connectivity index (χ1n) is 7.40. The highest BCUT2D eigenvalue weighted by molar-refractivity contribution is 6.07. The average molecular weight is 262 g/mol. The van der Waals surface area contributed by atoms with E-state index in [0.29, 0.717) is 6.04 Å². The lowest BCUT2D eigenvalue weighted by Gasteiger charge is -2.33. The molecule has 0 fully saturated rings. The summed E-state index contributed by atoms with van der Waals surface area (Å²) in [5.41, 5.74) is 4.11. The maximum Gasteiger partial charge on any atom is 0.128 e. The van der Waals surface area contributed by atoms with Crippen LogP contribution >= 0.6 is 0 Å². The van der Waals surface area contributed by atoms with Gasteiger partial charge in [0.2, 0.25) is 0 Å². The smallest absolute Gasteiger partial charge is 0.128 e. The molecule has 2 nitrogen and oxygen atoms in total. The van der Waals surface area contributed by atoms with Gasteiger partial charge in [-0.2, -0.15) is 0 Å². The molecule has 1 aliphatic carbocycles. The minimum absolute atomic E-state index is 0.314. The fourth-order valence-corrected chi connectivity index (χ4v) is 3.23. The molecule has 1 atom stereocenters. The van der Waals surface area contributed by atoms with Crippen LogP contribution in [-0.2, 0) is 6.42 Å². The largest absolute Gasteiger partial charge is 0.326 e. The van der Waals surface area contributed by atoms with Gasteiger partial charge in [-0.15, -0.1) is 0 Å². The Hall–Kier alpha value is -2.09. The summed E-state index contributed by atoms with van der Waals surface area (Å²) < 4.78 is 0. The van der Waals surface area contributed by atoms with Gasteiger partial charge in [0.15, 0.2) is 0 Å². The van der Waals surface area contributed by atoms with Crippen molar-refractivity contribution in [3.05, 3.63) is 65.8 Å². The van der Waals surface area contributed by atoms with E-state index in [1.807, 2.05) is 0 Å². The van der Waals surface area contributed by atoms with Gasteiger partial charge >= 0.3 is 0 Å². The van der Waals surface area contributed by atoms with Crippen LogP contribution in [0.3, 0.4) is 0 Å². The highest BCUT2D eigenvalue weighted by Gasteiger charge is 2.23. The molecule has 0 aromatic heterocycles. The summed E-state index contributed by atoms with van der Waals surface area (Å²) in [6.45, 7) is 1.07. The first-order chi connectivity index (χ1) is 9.92. The van der Waals surface area contributed by atoms with Gasteiger partial charge in [0, 0.05) is 12.2 Å². The van der Waals surface area contributed by atoms with Crippen LogP contribution in [0, 0.1) is 0 Å². The lowest BCUT2D eigenvalue weighted by molar-refractivity contribution is 0.753. The molecule has 0 saturated carbocycles. The standard InChI is InChI=1S/C18H18N2/c1-3-9-16-14(6-1)11-12-18(19-16)20-13-5-8-15-7-2-4-10-17(15)20/h1-4,6-7,10-12,16H,5,8-9,13H2. The lowest BCUT2D eigenvalue weighted by Crippen LogP contribution is -2.36. The summed E-state index contributed by atoms with van der Waals surface area (Å²) in [5.74, 6) is 1.12. The molecule has 1 aromatic carbocycles. The second kappa shape index (κ2) is 4.78. The van der Waals surface area contributed by atoms with Gasteiger partial charge in [-0.25, -0.2) is 0 Å². The number of rotatable bonds is 0. The summed E-state index contributed by atoms with van der Waals surface area (Å²) in [5, 5.41) is 0. The number of aliphatic imine (C=N–C) groups is 1. The third-order valence-corrected chi connectivity index (χ3v) is 4.27. The molecule has 100 valence electrons.